The van der Waals surface area contributed by atoms with Crippen LogP contribution in [0.15, 0.2) is 186 Å². The number of nitrogens with one attached hydrogen (secondary N) is 1. The molecule has 1 spiro atoms. The molecule has 3 nitrogen and oxygen atoms in total. The van der Waals surface area contributed by atoms with Gasteiger partial charge in [-0.05, 0) is 97.6 Å². The van der Waals surface area contributed by atoms with Crippen LogP contribution in [0.2, 0.25) is 0 Å². The number of furan rings is 1. The zero-order chi connectivity index (χ0) is 34.7. The molecule has 0 amide bonds. The summed E-state index contributed by atoms with van der Waals surface area (Å²) in [6, 6.07) is 66.6. The maximum atomic E-state index is 6.19. The Balaban J connectivity index is 0.993. The van der Waals surface area contributed by atoms with Crippen molar-refractivity contribution in [2.24, 2.45) is 0 Å². The number of fused-ring (bicyclic) bond motifs is 14. The van der Waals surface area contributed by atoms with Crippen LogP contribution in [0, 0.1) is 0 Å². The summed E-state index contributed by atoms with van der Waals surface area (Å²) in [4.78, 5) is 2.42. The highest BCUT2D eigenvalue weighted by atomic mass is 16.3. The molecule has 1 aromatic heterocycles. The Morgan fingerprint density at radius 3 is 1.87 bits per heavy atom. The Kier molecular flexibility index (Phi) is 5.76. The number of hydrogen-bond donors (Lipinski definition) is 1. The van der Waals surface area contributed by atoms with Gasteiger partial charge in [-0.2, -0.15) is 0 Å². The molecule has 248 valence electrons. The standard InChI is InChI=1S/C50H32N2O/c1-5-17-40-35(12-1)36-13-2-6-18-41(36)50(40)42-19-7-3-15-38(42)48-34(16-11-20-43(48)50)31-24-26-32(27-25-31)49-51-44-21-8-9-22-45(44)52(49)33-28-29-47-39(30-33)37-14-4-10-23-46(37)53-47/h1-30,49,51H. The third-order valence-corrected chi connectivity index (χ3v) is 11.9. The molecule has 1 aliphatic heterocycles. The molecule has 1 unspecified atom stereocenters. The van der Waals surface area contributed by atoms with E-state index in [1.807, 2.05) is 12.1 Å². The molecule has 12 rings (SSSR count). The van der Waals surface area contributed by atoms with Crippen LogP contribution in [0.1, 0.15) is 34.0 Å². The Morgan fingerprint density at radius 2 is 1.08 bits per heavy atom. The van der Waals surface area contributed by atoms with E-state index in [1.165, 1.54) is 61.2 Å². The number of anilines is 3. The summed E-state index contributed by atoms with van der Waals surface area (Å²) in [5.74, 6) is 0. The Labute approximate surface area is 307 Å². The minimum atomic E-state index is -0.351. The van der Waals surface area contributed by atoms with Gasteiger partial charge in [-0.25, -0.2) is 0 Å². The van der Waals surface area contributed by atoms with Crippen LogP contribution in [0.25, 0.3) is 55.3 Å². The molecular weight excluding hydrogens is 645 g/mol. The molecule has 1 atom stereocenters. The zero-order valence-corrected chi connectivity index (χ0v) is 28.8. The second kappa shape index (κ2) is 10.6. The molecule has 0 saturated heterocycles. The lowest BCUT2D eigenvalue weighted by molar-refractivity contribution is 0.669. The van der Waals surface area contributed by atoms with Crippen LogP contribution in [-0.4, -0.2) is 0 Å². The van der Waals surface area contributed by atoms with Crippen LogP contribution < -0.4 is 10.2 Å². The minimum Gasteiger partial charge on any atom is -0.456 e. The summed E-state index contributed by atoms with van der Waals surface area (Å²) < 4.78 is 6.19. The molecule has 2 heterocycles. The molecule has 53 heavy (non-hydrogen) atoms. The molecule has 1 N–H and O–H groups in total. The molecule has 9 aromatic rings. The number of hydrogen-bond acceptors (Lipinski definition) is 3. The number of para-hydroxylation sites is 3. The molecule has 2 aliphatic carbocycles. The molecule has 8 aromatic carbocycles. The van der Waals surface area contributed by atoms with Gasteiger partial charge >= 0.3 is 0 Å². The largest absolute Gasteiger partial charge is 0.456 e. The van der Waals surface area contributed by atoms with Crippen molar-refractivity contribution in [3.8, 4) is 33.4 Å². The SMILES string of the molecule is c1ccc2c(c1)NC(c1ccc(-c3cccc4c3-c3ccccc3C43c4ccccc4-c4ccccc43)cc1)N2c1ccc2oc3ccccc3c2c1. The Hall–Kier alpha value is -6.84. The van der Waals surface area contributed by atoms with Gasteiger partial charge in [-0.3, -0.25) is 0 Å². The van der Waals surface area contributed by atoms with E-state index >= 15 is 0 Å². The monoisotopic (exact) mass is 676 g/mol. The zero-order valence-electron chi connectivity index (χ0n) is 28.8. The first kappa shape index (κ1) is 28.8. The van der Waals surface area contributed by atoms with Gasteiger partial charge < -0.3 is 14.6 Å². The fourth-order valence-electron chi connectivity index (χ4n) is 9.77. The highest BCUT2D eigenvalue weighted by molar-refractivity contribution is 6.06. The molecular formula is C50H32N2O. The van der Waals surface area contributed by atoms with Crippen molar-refractivity contribution in [1.82, 2.24) is 0 Å². The smallest absolute Gasteiger partial charge is 0.135 e. The molecule has 0 fully saturated rings. The minimum absolute atomic E-state index is 0.0750. The van der Waals surface area contributed by atoms with Crippen molar-refractivity contribution >= 4 is 39.0 Å². The molecule has 3 heteroatoms. The first-order chi connectivity index (χ1) is 26.3. The van der Waals surface area contributed by atoms with Crippen molar-refractivity contribution in [3.05, 3.63) is 210 Å². The summed E-state index contributed by atoms with van der Waals surface area (Å²) in [6.45, 7) is 0. The van der Waals surface area contributed by atoms with Crippen molar-refractivity contribution in [1.29, 1.82) is 0 Å². The lowest BCUT2D eigenvalue weighted by Gasteiger charge is -2.30. The Morgan fingerprint density at radius 1 is 0.472 bits per heavy atom. The predicted molar refractivity (Wildman–Crippen MR) is 217 cm³/mol. The lowest BCUT2D eigenvalue weighted by atomic mass is 9.70. The van der Waals surface area contributed by atoms with E-state index in [2.05, 4.69) is 180 Å². The quantitative estimate of drug-likeness (QED) is 0.202. The van der Waals surface area contributed by atoms with Gasteiger partial charge in [0.25, 0.3) is 0 Å². The summed E-state index contributed by atoms with van der Waals surface area (Å²) in [7, 11) is 0. The summed E-state index contributed by atoms with van der Waals surface area (Å²) in [6.07, 6.45) is -0.0750. The Bertz CT molecular complexity index is 2910. The second-order valence-corrected chi connectivity index (χ2v) is 14.4. The van der Waals surface area contributed by atoms with Gasteiger partial charge in [0.15, 0.2) is 0 Å². The van der Waals surface area contributed by atoms with Crippen LogP contribution in [-0.2, 0) is 5.41 Å². The van der Waals surface area contributed by atoms with E-state index in [-0.39, 0.29) is 11.6 Å². The van der Waals surface area contributed by atoms with Crippen LogP contribution >= 0.6 is 0 Å². The number of benzene rings is 8. The third-order valence-electron chi connectivity index (χ3n) is 11.9. The number of rotatable bonds is 3. The van der Waals surface area contributed by atoms with Gasteiger partial charge in [0.05, 0.1) is 16.8 Å². The average Bonchev–Trinajstić information content (AvgIpc) is 3.96. The third kappa shape index (κ3) is 3.78. The van der Waals surface area contributed by atoms with Gasteiger partial charge in [-0.15, -0.1) is 0 Å². The first-order valence-corrected chi connectivity index (χ1v) is 18.4. The van der Waals surface area contributed by atoms with Crippen LogP contribution in [0.3, 0.4) is 0 Å². The summed E-state index contributed by atoms with van der Waals surface area (Å²) >= 11 is 0. The average molecular weight is 677 g/mol. The molecule has 0 saturated carbocycles. The molecule has 3 aliphatic rings. The molecule has 0 bridgehead atoms. The van der Waals surface area contributed by atoms with E-state index in [1.54, 1.807) is 0 Å². The summed E-state index contributed by atoms with van der Waals surface area (Å²) in [5, 5.41) is 6.10. The van der Waals surface area contributed by atoms with Gasteiger partial charge in [0.2, 0.25) is 0 Å². The van der Waals surface area contributed by atoms with E-state index in [0.717, 1.165) is 39.0 Å². The van der Waals surface area contributed by atoms with Gasteiger partial charge in [0.1, 0.15) is 17.3 Å². The fraction of sp³-hybridized carbons (Fsp3) is 0.0400. The van der Waals surface area contributed by atoms with Crippen molar-refractivity contribution in [2.75, 3.05) is 10.2 Å². The first-order valence-electron chi connectivity index (χ1n) is 18.4. The van der Waals surface area contributed by atoms with Gasteiger partial charge in [0, 0.05) is 16.5 Å². The van der Waals surface area contributed by atoms with E-state index in [0.29, 0.717) is 0 Å². The van der Waals surface area contributed by atoms with Crippen molar-refractivity contribution in [3.63, 3.8) is 0 Å². The van der Waals surface area contributed by atoms with Crippen LogP contribution in [0.4, 0.5) is 17.1 Å². The number of nitrogens with zero attached hydrogens (tertiary/aromatic N) is 1. The lowest BCUT2D eigenvalue weighted by Crippen LogP contribution is -2.25. The van der Waals surface area contributed by atoms with E-state index < -0.39 is 0 Å². The van der Waals surface area contributed by atoms with E-state index in [4.69, 9.17) is 4.42 Å². The highest BCUT2D eigenvalue weighted by Crippen LogP contribution is 2.64. The van der Waals surface area contributed by atoms with Crippen LogP contribution in [0.5, 0.6) is 0 Å². The highest BCUT2D eigenvalue weighted by Gasteiger charge is 2.52. The van der Waals surface area contributed by atoms with Gasteiger partial charge in [-0.1, -0.05) is 146 Å². The molecule has 0 radical (unpaired) electrons. The maximum absolute atomic E-state index is 6.19. The topological polar surface area (TPSA) is 28.4 Å². The summed E-state index contributed by atoms with van der Waals surface area (Å²) in [5.41, 5.74) is 19.3. The maximum Gasteiger partial charge on any atom is 0.135 e. The van der Waals surface area contributed by atoms with Crippen molar-refractivity contribution in [2.45, 2.75) is 11.6 Å². The normalized spacial score (nSPS) is 15.6. The fourth-order valence-corrected chi connectivity index (χ4v) is 9.77. The predicted octanol–water partition coefficient (Wildman–Crippen LogP) is 12.9. The second-order valence-electron chi connectivity index (χ2n) is 14.4. The van der Waals surface area contributed by atoms with Crippen molar-refractivity contribution < 1.29 is 4.42 Å². The van der Waals surface area contributed by atoms with E-state index in [9.17, 15) is 0 Å².